The molecule has 1 saturated heterocycles. The van der Waals surface area contributed by atoms with Crippen LogP contribution in [0.4, 0.5) is 10.5 Å². The van der Waals surface area contributed by atoms with Crippen LogP contribution in [-0.4, -0.2) is 18.9 Å². The van der Waals surface area contributed by atoms with Gasteiger partial charge < -0.3 is 14.8 Å². The average molecular weight is 424 g/mol. The van der Waals surface area contributed by atoms with Crippen LogP contribution in [-0.2, 0) is 0 Å². The van der Waals surface area contributed by atoms with E-state index in [9.17, 15) is 4.79 Å². The summed E-state index contributed by atoms with van der Waals surface area (Å²) in [5, 5.41) is 3.51. The number of anilines is 1. The van der Waals surface area contributed by atoms with E-state index in [1.165, 1.54) is 0 Å². The van der Waals surface area contributed by atoms with Gasteiger partial charge >= 0.3 is 6.03 Å². The summed E-state index contributed by atoms with van der Waals surface area (Å²) in [6.45, 7) is 1.92. The van der Waals surface area contributed by atoms with Gasteiger partial charge in [0.1, 0.15) is 11.5 Å². The molecule has 1 N–H and O–H groups in total. The molecule has 0 spiro atoms. The number of nitrogens with zero attached hydrogens (tertiary/aromatic N) is 1. The molecule has 2 aliphatic heterocycles. The number of hydrogen-bond acceptors (Lipinski definition) is 3. The molecule has 0 aliphatic carbocycles. The fourth-order valence-electron chi connectivity index (χ4n) is 3.53. The Morgan fingerprint density at radius 3 is 2.88 bits per heavy atom. The molecule has 2 amide bonds. The molecule has 0 saturated carbocycles. The van der Waals surface area contributed by atoms with Crippen molar-refractivity contribution < 1.29 is 14.3 Å². The van der Waals surface area contributed by atoms with Crippen LogP contribution in [0.1, 0.15) is 24.9 Å². The molecule has 2 heterocycles. The number of carbonyl (C=O) groups excluding carboxylic acids is 1. The van der Waals surface area contributed by atoms with Crippen LogP contribution in [0, 0.1) is 0 Å². The molecule has 25 heavy (non-hydrogen) atoms. The van der Waals surface area contributed by atoms with Crippen molar-refractivity contribution >= 4 is 39.2 Å². The molecule has 0 aromatic heterocycles. The van der Waals surface area contributed by atoms with Crippen LogP contribution in [0.3, 0.4) is 0 Å². The van der Waals surface area contributed by atoms with Crippen molar-refractivity contribution in [3.63, 3.8) is 0 Å². The molecule has 1 fully saturated rings. The van der Waals surface area contributed by atoms with Gasteiger partial charge in [-0.25, -0.2) is 4.79 Å². The maximum atomic E-state index is 12.8. The Morgan fingerprint density at radius 1 is 1.36 bits per heavy atom. The van der Waals surface area contributed by atoms with Crippen molar-refractivity contribution in [1.82, 2.24) is 5.32 Å². The Bertz CT molecular complexity index is 875. The smallest absolute Gasteiger partial charge is 0.325 e. The molecule has 130 valence electrons. The van der Waals surface area contributed by atoms with Crippen LogP contribution in [0.25, 0.3) is 0 Å². The van der Waals surface area contributed by atoms with Gasteiger partial charge in [-0.1, -0.05) is 27.5 Å². The second kappa shape index (κ2) is 5.81. The Balaban J connectivity index is 1.78. The number of halogens is 2. The summed E-state index contributed by atoms with van der Waals surface area (Å²) < 4.78 is 12.4. The molecule has 4 rings (SSSR count). The fourth-order valence-corrected chi connectivity index (χ4v) is 4.16. The third-order valence-electron chi connectivity index (χ3n) is 4.63. The first-order chi connectivity index (χ1) is 11.9. The second-order valence-corrected chi connectivity index (χ2v) is 7.64. The minimum atomic E-state index is -0.800. The number of methoxy groups -OCH3 is 1. The third-order valence-corrected chi connectivity index (χ3v) is 5.42. The average Bonchev–Trinajstić information content (AvgIpc) is 2.55. The minimum absolute atomic E-state index is 0.0938. The van der Waals surface area contributed by atoms with Gasteiger partial charge in [0.25, 0.3) is 0 Å². The summed E-state index contributed by atoms with van der Waals surface area (Å²) in [7, 11) is 1.56. The molecule has 2 aromatic rings. The predicted octanol–water partition coefficient (Wildman–Crippen LogP) is 4.88. The van der Waals surface area contributed by atoms with Crippen molar-refractivity contribution in [2.45, 2.75) is 25.1 Å². The van der Waals surface area contributed by atoms with Crippen LogP contribution >= 0.6 is 27.5 Å². The molecule has 2 bridgehead atoms. The zero-order chi connectivity index (χ0) is 17.8. The van der Waals surface area contributed by atoms with Crippen molar-refractivity contribution in [3.8, 4) is 11.5 Å². The van der Waals surface area contributed by atoms with E-state index in [2.05, 4.69) is 21.2 Å². The Hall–Kier alpha value is -1.92. The molecular formula is C18H16BrClN2O3. The van der Waals surface area contributed by atoms with Crippen LogP contribution in [0.2, 0.25) is 5.02 Å². The number of ether oxygens (including phenoxy) is 2. The van der Waals surface area contributed by atoms with E-state index in [0.29, 0.717) is 22.9 Å². The highest BCUT2D eigenvalue weighted by Crippen LogP contribution is 2.46. The van der Waals surface area contributed by atoms with Gasteiger partial charge in [0.05, 0.1) is 23.9 Å². The van der Waals surface area contributed by atoms with E-state index in [1.54, 1.807) is 30.2 Å². The minimum Gasteiger partial charge on any atom is -0.495 e. The number of urea groups is 1. The Kier molecular flexibility index (Phi) is 3.85. The van der Waals surface area contributed by atoms with Gasteiger partial charge in [0.15, 0.2) is 5.72 Å². The Morgan fingerprint density at radius 2 is 2.16 bits per heavy atom. The maximum absolute atomic E-state index is 12.8. The van der Waals surface area contributed by atoms with E-state index in [-0.39, 0.29) is 12.1 Å². The van der Waals surface area contributed by atoms with Crippen LogP contribution in [0.15, 0.2) is 40.9 Å². The molecule has 0 radical (unpaired) electrons. The lowest BCUT2D eigenvalue weighted by atomic mass is 9.90. The lowest BCUT2D eigenvalue weighted by Gasteiger charge is -2.50. The third kappa shape index (κ3) is 2.64. The second-order valence-electron chi connectivity index (χ2n) is 6.32. The molecule has 0 unspecified atom stereocenters. The molecule has 5 nitrogen and oxygen atoms in total. The molecule has 2 aromatic carbocycles. The fraction of sp³-hybridized carbons (Fsp3) is 0.278. The van der Waals surface area contributed by atoms with E-state index in [0.717, 1.165) is 15.8 Å². The quantitative estimate of drug-likeness (QED) is 0.749. The summed E-state index contributed by atoms with van der Waals surface area (Å²) in [4.78, 5) is 14.4. The maximum Gasteiger partial charge on any atom is 0.325 e. The molecular weight excluding hydrogens is 408 g/mol. The van der Waals surface area contributed by atoms with Crippen LogP contribution < -0.4 is 19.7 Å². The van der Waals surface area contributed by atoms with Crippen molar-refractivity contribution in [2.75, 3.05) is 12.0 Å². The van der Waals surface area contributed by atoms with Gasteiger partial charge in [-0.2, -0.15) is 0 Å². The zero-order valence-electron chi connectivity index (χ0n) is 13.7. The van der Waals surface area contributed by atoms with E-state index in [1.807, 2.05) is 25.1 Å². The van der Waals surface area contributed by atoms with Gasteiger partial charge in [0, 0.05) is 16.5 Å². The summed E-state index contributed by atoms with van der Waals surface area (Å²) in [5.74, 6) is 1.33. The normalized spacial score (nSPS) is 24.2. The Labute approximate surface area is 159 Å². The number of fused-ring (bicyclic) bond motifs is 4. The zero-order valence-corrected chi connectivity index (χ0v) is 16.0. The topological polar surface area (TPSA) is 50.8 Å². The first-order valence-electron chi connectivity index (χ1n) is 7.84. The van der Waals surface area contributed by atoms with Crippen LogP contribution in [0.5, 0.6) is 11.5 Å². The number of rotatable bonds is 2. The number of hydrogen-bond donors (Lipinski definition) is 1. The van der Waals surface area contributed by atoms with E-state index >= 15 is 0 Å². The van der Waals surface area contributed by atoms with Gasteiger partial charge in [-0.3, -0.25) is 4.90 Å². The van der Waals surface area contributed by atoms with Crippen molar-refractivity contribution in [3.05, 3.63) is 51.5 Å². The lowest BCUT2D eigenvalue weighted by molar-refractivity contribution is 0.0378. The number of nitrogens with one attached hydrogen (secondary N) is 1. The highest BCUT2D eigenvalue weighted by molar-refractivity contribution is 9.10. The first-order valence-corrected chi connectivity index (χ1v) is 9.01. The van der Waals surface area contributed by atoms with Gasteiger partial charge in [-0.15, -0.1) is 0 Å². The number of carbonyl (C=O) groups is 1. The largest absolute Gasteiger partial charge is 0.495 e. The van der Waals surface area contributed by atoms with Crippen molar-refractivity contribution in [1.29, 1.82) is 0 Å². The molecule has 2 aliphatic rings. The highest BCUT2D eigenvalue weighted by Gasteiger charge is 2.49. The number of amides is 2. The van der Waals surface area contributed by atoms with Crippen molar-refractivity contribution in [2.24, 2.45) is 0 Å². The summed E-state index contributed by atoms with van der Waals surface area (Å²) in [5.41, 5.74) is 0.837. The highest BCUT2D eigenvalue weighted by atomic mass is 79.9. The van der Waals surface area contributed by atoms with Gasteiger partial charge in [0.2, 0.25) is 0 Å². The monoisotopic (exact) mass is 422 g/mol. The van der Waals surface area contributed by atoms with E-state index in [4.69, 9.17) is 21.1 Å². The lowest BCUT2D eigenvalue weighted by Crippen LogP contribution is -2.65. The number of benzene rings is 2. The predicted molar refractivity (Wildman–Crippen MR) is 99.5 cm³/mol. The molecule has 2 atom stereocenters. The summed E-state index contributed by atoms with van der Waals surface area (Å²) in [6.07, 6.45) is 0.631. The van der Waals surface area contributed by atoms with E-state index < -0.39 is 5.72 Å². The summed E-state index contributed by atoms with van der Waals surface area (Å²) >= 11 is 9.72. The molecule has 7 heteroatoms. The standard InChI is InChI=1S/C18H16BrClN2O3/c1-18-9-14(12-7-10(19)3-5-15(12)25-18)21-17(23)22(18)11-4-6-16(24-2)13(20)8-11/h3-8,14H,9H2,1-2H3,(H,21,23)/t14-,18-/m0/s1. The van der Waals surface area contributed by atoms with Gasteiger partial charge in [-0.05, 0) is 43.3 Å². The SMILES string of the molecule is COc1ccc(N2C(=O)N[C@H]3C[C@]2(C)Oc2ccc(Br)cc23)cc1Cl. The summed E-state index contributed by atoms with van der Waals surface area (Å²) in [6, 6.07) is 10.8. The first kappa shape index (κ1) is 16.5.